The second kappa shape index (κ2) is 6.39. The average Bonchev–Trinajstić information content (AvgIpc) is 3.13. The van der Waals surface area contributed by atoms with Gasteiger partial charge in [0.15, 0.2) is 6.10 Å². The van der Waals surface area contributed by atoms with E-state index in [-0.39, 0.29) is 11.8 Å². The summed E-state index contributed by atoms with van der Waals surface area (Å²) in [5, 5.41) is 8.10. The molecule has 0 unspecified atom stereocenters. The van der Waals surface area contributed by atoms with Crippen molar-refractivity contribution in [1.82, 2.24) is 15.1 Å². The van der Waals surface area contributed by atoms with Crippen LogP contribution in [-0.2, 0) is 4.74 Å². The zero-order valence-corrected chi connectivity index (χ0v) is 14.8. The highest BCUT2D eigenvalue weighted by molar-refractivity contribution is 5.97. The predicted octanol–water partition coefficient (Wildman–Crippen LogP) is 2.92. The van der Waals surface area contributed by atoms with E-state index in [0.717, 1.165) is 11.3 Å². The Labute approximate surface area is 141 Å². The van der Waals surface area contributed by atoms with E-state index >= 15 is 0 Å². The van der Waals surface area contributed by atoms with Gasteiger partial charge in [0.1, 0.15) is 11.5 Å². The van der Waals surface area contributed by atoms with Crippen LogP contribution >= 0.6 is 0 Å². The van der Waals surface area contributed by atoms with Gasteiger partial charge in [0, 0.05) is 18.0 Å². The number of carbonyl (C=O) groups excluding carboxylic acids is 1. The molecule has 0 saturated carbocycles. The Bertz CT molecular complexity index is 747. The number of morpholine rings is 1. The van der Waals surface area contributed by atoms with Gasteiger partial charge in [-0.1, -0.05) is 13.8 Å². The van der Waals surface area contributed by atoms with E-state index in [1.165, 1.54) is 0 Å². The van der Waals surface area contributed by atoms with Crippen LogP contribution in [0.3, 0.4) is 0 Å². The topological polar surface area (TPSA) is 81.6 Å². The fraction of sp³-hybridized carbons (Fsp3) is 0.588. The highest BCUT2D eigenvalue weighted by Gasteiger charge is 2.32. The Hall–Kier alpha value is -2.15. The van der Waals surface area contributed by atoms with Crippen molar-refractivity contribution >= 4 is 5.91 Å². The lowest BCUT2D eigenvalue weighted by Gasteiger charge is -2.31. The molecular formula is C17H23N3O4. The Kier molecular flexibility index (Phi) is 4.45. The molecule has 3 rings (SSSR count). The van der Waals surface area contributed by atoms with E-state index in [4.69, 9.17) is 13.6 Å². The van der Waals surface area contributed by atoms with E-state index in [9.17, 15) is 4.79 Å². The van der Waals surface area contributed by atoms with E-state index in [1.54, 1.807) is 4.90 Å². The molecule has 1 atom stereocenters. The summed E-state index contributed by atoms with van der Waals surface area (Å²) in [6.45, 7) is 10.9. The van der Waals surface area contributed by atoms with Crippen LogP contribution in [0.5, 0.6) is 0 Å². The molecule has 1 saturated heterocycles. The van der Waals surface area contributed by atoms with Crippen molar-refractivity contribution in [2.24, 2.45) is 0 Å². The quantitative estimate of drug-likeness (QED) is 0.859. The summed E-state index contributed by atoms with van der Waals surface area (Å²) in [5.41, 5.74) is 1.53. The third-order valence-corrected chi connectivity index (χ3v) is 4.35. The first kappa shape index (κ1) is 16.7. The molecule has 24 heavy (non-hydrogen) atoms. The van der Waals surface area contributed by atoms with Crippen molar-refractivity contribution in [3.63, 3.8) is 0 Å². The molecular weight excluding hydrogens is 310 g/mol. The number of amides is 1. The lowest BCUT2D eigenvalue weighted by molar-refractivity contribution is -0.0351. The first-order valence-electron chi connectivity index (χ1n) is 8.19. The molecule has 0 aromatic carbocycles. The van der Waals surface area contributed by atoms with Crippen molar-refractivity contribution in [3.05, 3.63) is 34.4 Å². The van der Waals surface area contributed by atoms with Gasteiger partial charge < -0.3 is 18.5 Å². The van der Waals surface area contributed by atoms with E-state index in [1.807, 2.05) is 34.6 Å². The van der Waals surface area contributed by atoms with Gasteiger partial charge in [0.25, 0.3) is 5.91 Å². The second-order valence-corrected chi connectivity index (χ2v) is 6.46. The number of nitrogens with zero attached hydrogens (tertiary/aromatic N) is 3. The van der Waals surface area contributed by atoms with Crippen LogP contribution < -0.4 is 0 Å². The summed E-state index contributed by atoms with van der Waals surface area (Å²) < 4.78 is 17.0. The van der Waals surface area contributed by atoms with Crippen LogP contribution in [0.25, 0.3) is 0 Å². The van der Waals surface area contributed by atoms with Gasteiger partial charge >= 0.3 is 0 Å². The summed E-state index contributed by atoms with van der Waals surface area (Å²) in [6, 6.07) is 0. The Morgan fingerprint density at radius 2 is 1.92 bits per heavy atom. The minimum atomic E-state index is -0.392. The third kappa shape index (κ3) is 2.96. The molecule has 0 N–H and O–H groups in total. The fourth-order valence-electron chi connectivity index (χ4n) is 2.86. The van der Waals surface area contributed by atoms with Gasteiger partial charge in [-0.15, -0.1) is 10.2 Å². The first-order valence-corrected chi connectivity index (χ1v) is 8.19. The smallest absolute Gasteiger partial charge is 0.257 e. The monoisotopic (exact) mass is 333 g/mol. The molecule has 3 heterocycles. The highest BCUT2D eigenvalue weighted by atomic mass is 16.5. The summed E-state index contributed by atoms with van der Waals surface area (Å²) in [6.07, 6.45) is -0.392. The molecule has 2 aromatic rings. The SMILES string of the molecule is Cc1oc(C)c(C(=O)N2CCO[C@@H](c3nnc(C(C)C)o3)C2)c1C. The van der Waals surface area contributed by atoms with Crippen LogP contribution in [0, 0.1) is 20.8 Å². The number of aromatic nitrogens is 2. The fourth-order valence-corrected chi connectivity index (χ4v) is 2.86. The normalized spacial score (nSPS) is 18.4. The molecule has 1 aliphatic rings. The molecule has 130 valence electrons. The number of hydrogen-bond donors (Lipinski definition) is 0. The molecule has 7 heteroatoms. The molecule has 1 aliphatic heterocycles. The van der Waals surface area contributed by atoms with Gasteiger partial charge in [-0.2, -0.15) is 0 Å². The minimum absolute atomic E-state index is 0.0428. The van der Waals surface area contributed by atoms with Crippen molar-refractivity contribution in [2.45, 2.75) is 46.6 Å². The molecule has 0 aliphatic carbocycles. The van der Waals surface area contributed by atoms with Crippen molar-refractivity contribution < 1.29 is 18.4 Å². The number of carbonyl (C=O) groups is 1. The van der Waals surface area contributed by atoms with Crippen molar-refractivity contribution in [2.75, 3.05) is 19.7 Å². The Morgan fingerprint density at radius 1 is 1.17 bits per heavy atom. The molecule has 7 nitrogen and oxygen atoms in total. The average molecular weight is 333 g/mol. The largest absolute Gasteiger partial charge is 0.466 e. The number of aryl methyl sites for hydroxylation is 2. The van der Waals surface area contributed by atoms with Crippen LogP contribution in [0.15, 0.2) is 8.83 Å². The van der Waals surface area contributed by atoms with Crippen LogP contribution in [0.4, 0.5) is 0 Å². The first-order chi connectivity index (χ1) is 11.4. The highest BCUT2D eigenvalue weighted by Crippen LogP contribution is 2.27. The number of ether oxygens (including phenoxy) is 1. The van der Waals surface area contributed by atoms with Crippen LogP contribution in [0.2, 0.25) is 0 Å². The molecule has 2 aromatic heterocycles. The number of hydrogen-bond acceptors (Lipinski definition) is 6. The summed E-state index contributed by atoms with van der Waals surface area (Å²) in [7, 11) is 0. The Morgan fingerprint density at radius 3 is 2.50 bits per heavy atom. The Balaban J connectivity index is 1.78. The zero-order valence-electron chi connectivity index (χ0n) is 14.8. The third-order valence-electron chi connectivity index (χ3n) is 4.35. The van der Waals surface area contributed by atoms with Gasteiger partial charge in [0.05, 0.1) is 18.7 Å². The molecule has 1 fully saturated rings. The van der Waals surface area contributed by atoms with Crippen LogP contribution in [-0.4, -0.2) is 40.7 Å². The molecule has 0 radical (unpaired) electrons. The van der Waals surface area contributed by atoms with Gasteiger partial charge in [-0.25, -0.2) is 0 Å². The lowest BCUT2D eigenvalue weighted by atomic mass is 10.1. The maximum atomic E-state index is 12.9. The summed E-state index contributed by atoms with van der Waals surface area (Å²) in [4.78, 5) is 14.7. The summed E-state index contributed by atoms with van der Waals surface area (Å²) >= 11 is 0. The zero-order chi connectivity index (χ0) is 17.4. The maximum Gasteiger partial charge on any atom is 0.257 e. The standard InChI is InChI=1S/C17H23N3O4/c1-9(2)15-18-19-16(24-15)13-8-20(6-7-22-13)17(21)14-10(3)11(4)23-12(14)5/h9,13H,6-8H2,1-5H3/t13-/m1/s1. The second-order valence-electron chi connectivity index (χ2n) is 6.46. The van der Waals surface area contributed by atoms with Crippen molar-refractivity contribution in [1.29, 1.82) is 0 Å². The van der Waals surface area contributed by atoms with Gasteiger partial charge in [0.2, 0.25) is 11.8 Å². The molecule has 1 amide bonds. The lowest BCUT2D eigenvalue weighted by Crippen LogP contribution is -2.42. The molecule has 0 spiro atoms. The van der Waals surface area contributed by atoms with E-state index in [0.29, 0.717) is 42.8 Å². The van der Waals surface area contributed by atoms with Crippen LogP contribution in [0.1, 0.15) is 65.1 Å². The molecule has 0 bridgehead atoms. The number of furan rings is 1. The minimum Gasteiger partial charge on any atom is -0.466 e. The van der Waals surface area contributed by atoms with Crippen molar-refractivity contribution in [3.8, 4) is 0 Å². The summed E-state index contributed by atoms with van der Waals surface area (Å²) in [5.74, 6) is 2.55. The van der Waals surface area contributed by atoms with Gasteiger partial charge in [-0.05, 0) is 20.8 Å². The maximum absolute atomic E-state index is 12.9. The predicted molar refractivity (Wildman–Crippen MR) is 85.9 cm³/mol. The van der Waals surface area contributed by atoms with E-state index in [2.05, 4.69) is 10.2 Å². The van der Waals surface area contributed by atoms with E-state index < -0.39 is 6.10 Å². The number of rotatable bonds is 3. The van der Waals surface area contributed by atoms with Gasteiger partial charge in [-0.3, -0.25) is 4.79 Å².